The highest BCUT2D eigenvalue weighted by Gasteiger charge is 2.36. The number of rotatable bonds is 6. The maximum atomic E-state index is 13.0. The Morgan fingerprint density at radius 1 is 1.31 bits per heavy atom. The van der Waals surface area contributed by atoms with Crippen molar-refractivity contribution in [1.29, 1.82) is 0 Å². The van der Waals surface area contributed by atoms with Crippen LogP contribution in [0.4, 0.5) is 0 Å². The van der Waals surface area contributed by atoms with Gasteiger partial charge in [0, 0.05) is 18.6 Å². The molecule has 0 amide bonds. The van der Waals surface area contributed by atoms with Gasteiger partial charge in [0.25, 0.3) is 0 Å². The summed E-state index contributed by atoms with van der Waals surface area (Å²) < 4.78 is 5.79. The van der Waals surface area contributed by atoms with Crippen molar-refractivity contribution in [2.24, 2.45) is 11.8 Å². The highest BCUT2D eigenvalue weighted by Crippen LogP contribution is 2.34. The van der Waals surface area contributed by atoms with E-state index in [1.165, 1.54) is 6.42 Å². The van der Waals surface area contributed by atoms with E-state index in [1.54, 1.807) is 0 Å². The summed E-state index contributed by atoms with van der Waals surface area (Å²) >= 11 is 0. The van der Waals surface area contributed by atoms with Crippen LogP contribution < -0.4 is 0 Å². The predicted molar refractivity (Wildman–Crippen MR) is 106 cm³/mol. The van der Waals surface area contributed by atoms with Crippen molar-refractivity contribution in [2.75, 3.05) is 19.7 Å². The van der Waals surface area contributed by atoms with Crippen molar-refractivity contribution in [3.05, 3.63) is 48.0 Å². The van der Waals surface area contributed by atoms with E-state index in [9.17, 15) is 4.79 Å². The Labute approximate surface area is 158 Å². The second-order valence-corrected chi connectivity index (χ2v) is 8.65. The van der Waals surface area contributed by atoms with Crippen LogP contribution in [0, 0.1) is 11.8 Å². The van der Waals surface area contributed by atoms with Crippen LogP contribution in [0.25, 0.3) is 0 Å². The molecule has 0 bridgehead atoms. The fourth-order valence-corrected chi connectivity index (χ4v) is 4.74. The van der Waals surface area contributed by atoms with E-state index >= 15 is 0 Å². The van der Waals surface area contributed by atoms with Gasteiger partial charge in [0.1, 0.15) is 6.61 Å². The maximum Gasteiger partial charge on any atom is 0.314 e. The van der Waals surface area contributed by atoms with Crippen LogP contribution in [0.3, 0.4) is 0 Å². The lowest BCUT2D eigenvalue weighted by Crippen LogP contribution is -2.40. The fourth-order valence-electron chi connectivity index (χ4n) is 4.74. The molecule has 0 radical (unpaired) electrons. The number of esters is 1. The van der Waals surface area contributed by atoms with Crippen LogP contribution in [0.2, 0.25) is 0 Å². The molecule has 3 nitrogen and oxygen atoms in total. The Morgan fingerprint density at radius 3 is 2.69 bits per heavy atom. The van der Waals surface area contributed by atoms with E-state index in [0.717, 1.165) is 37.9 Å². The first-order chi connectivity index (χ1) is 12.5. The van der Waals surface area contributed by atoms with E-state index < -0.39 is 0 Å². The molecule has 1 aliphatic carbocycles. The molecule has 0 aromatic heterocycles. The molecule has 2 aliphatic rings. The summed E-state index contributed by atoms with van der Waals surface area (Å²) in [5.41, 5.74) is 1.28. The van der Waals surface area contributed by atoms with Crippen LogP contribution in [0.5, 0.6) is 0 Å². The fraction of sp³-hybridized carbons (Fsp3) is 0.609. The quantitative estimate of drug-likeness (QED) is 0.543. The summed E-state index contributed by atoms with van der Waals surface area (Å²) in [5.74, 6) is 0.711. The van der Waals surface area contributed by atoms with Gasteiger partial charge in [-0.05, 0) is 56.9 Å². The van der Waals surface area contributed by atoms with E-state index in [0.29, 0.717) is 12.5 Å². The van der Waals surface area contributed by atoms with Gasteiger partial charge in [0.05, 0.1) is 5.92 Å². The number of likely N-dealkylation sites (tertiary alicyclic amines) is 1. The molecule has 0 N–H and O–H groups in total. The number of nitrogens with zero attached hydrogens (tertiary/aromatic N) is 1. The summed E-state index contributed by atoms with van der Waals surface area (Å²) in [7, 11) is 0. The van der Waals surface area contributed by atoms with Gasteiger partial charge in [-0.1, -0.05) is 49.4 Å². The van der Waals surface area contributed by atoms with Crippen molar-refractivity contribution < 1.29 is 9.53 Å². The van der Waals surface area contributed by atoms with Crippen LogP contribution in [0.1, 0.15) is 57.9 Å². The van der Waals surface area contributed by atoms with Gasteiger partial charge < -0.3 is 4.74 Å². The van der Waals surface area contributed by atoms with Crippen LogP contribution in [-0.2, 0) is 9.53 Å². The SMILES string of the molecule is C[C@@H]1CN(CCOC(=O)[C@@H](c2ccccc2)[C@H]2C=CCCC2)C(C)(C)C1. The molecule has 1 aromatic carbocycles. The molecule has 1 fully saturated rings. The Hall–Kier alpha value is -1.61. The van der Waals surface area contributed by atoms with E-state index in [4.69, 9.17) is 4.74 Å². The molecule has 0 unspecified atom stereocenters. The minimum atomic E-state index is -0.182. The second kappa shape index (κ2) is 8.39. The molecule has 1 heterocycles. The molecule has 3 heteroatoms. The highest BCUT2D eigenvalue weighted by atomic mass is 16.5. The van der Waals surface area contributed by atoms with Crippen molar-refractivity contribution in [3.8, 4) is 0 Å². The zero-order chi connectivity index (χ0) is 18.6. The van der Waals surface area contributed by atoms with Gasteiger partial charge in [-0.2, -0.15) is 0 Å². The molecular weight excluding hydrogens is 322 g/mol. The van der Waals surface area contributed by atoms with Gasteiger partial charge >= 0.3 is 5.97 Å². The first kappa shape index (κ1) is 19.2. The molecule has 1 aromatic rings. The molecule has 1 aliphatic heterocycles. The van der Waals surface area contributed by atoms with Crippen molar-refractivity contribution >= 4 is 5.97 Å². The largest absolute Gasteiger partial charge is 0.464 e. The van der Waals surface area contributed by atoms with Crippen LogP contribution in [0.15, 0.2) is 42.5 Å². The van der Waals surface area contributed by atoms with Crippen LogP contribution >= 0.6 is 0 Å². The average molecular weight is 356 g/mol. The van der Waals surface area contributed by atoms with E-state index in [-0.39, 0.29) is 23.3 Å². The molecular formula is C23H33NO2. The smallest absolute Gasteiger partial charge is 0.314 e. The monoisotopic (exact) mass is 355 g/mol. The van der Waals surface area contributed by atoms with E-state index in [2.05, 4.69) is 50.0 Å². The summed E-state index contributed by atoms with van der Waals surface area (Å²) in [6.07, 6.45) is 8.97. The third-order valence-electron chi connectivity index (χ3n) is 5.97. The highest BCUT2D eigenvalue weighted by molar-refractivity contribution is 5.79. The predicted octanol–water partition coefficient (Wildman–Crippen LogP) is 4.79. The van der Waals surface area contributed by atoms with Gasteiger partial charge in [0.2, 0.25) is 0 Å². The molecule has 0 spiro atoms. The van der Waals surface area contributed by atoms with Gasteiger partial charge in [0.15, 0.2) is 0 Å². The zero-order valence-corrected chi connectivity index (χ0v) is 16.5. The average Bonchev–Trinajstić information content (AvgIpc) is 2.88. The topological polar surface area (TPSA) is 29.5 Å². The Bertz CT molecular complexity index is 622. The van der Waals surface area contributed by atoms with Crippen molar-refractivity contribution in [1.82, 2.24) is 4.90 Å². The Morgan fingerprint density at radius 2 is 2.08 bits per heavy atom. The number of hydrogen-bond donors (Lipinski definition) is 0. The van der Waals surface area contributed by atoms with E-state index in [1.807, 2.05) is 18.2 Å². The molecule has 26 heavy (non-hydrogen) atoms. The standard InChI is InChI=1S/C23H33NO2/c1-18-16-23(2,3)24(17-18)14-15-26-22(25)21(19-10-6-4-7-11-19)20-12-8-5-9-13-20/h4,6-8,10-12,18,20-21H,5,9,13-17H2,1-3H3/t18-,20-,21-/m0/s1. The molecule has 3 rings (SSSR count). The second-order valence-electron chi connectivity index (χ2n) is 8.65. The van der Waals surface area contributed by atoms with Gasteiger partial charge in [-0.25, -0.2) is 0 Å². The lowest BCUT2D eigenvalue weighted by Gasteiger charge is -2.31. The summed E-state index contributed by atoms with van der Waals surface area (Å²) in [4.78, 5) is 15.4. The third kappa shape index (κ3) is 4.56. The number of hydrogen-bond acceptors (Lipinski definition) is 3. The molecule has 1 saturated heterocycles. The lowest BCUT2D eigenvalue weighted by atomic mass is 9.80. The Balaban J connectivity index is 1.63. The summed E-state index contributed by atoms with van der Waals surface area (Å²) in [6, 6.07) is 10.1. The molecule has 142 valence electrons. The third-order valence-corrected chi connectivity index (χ3v) is 5.97. The zero-order valence-electron chi connectivity index (χ0n) is 16.5. The summed E-state index contributed by atoms with van der Waals surface area (Å²) in [6.45, 7) is 9.28. The van der Waals surface area contributed by atoms with Crippen molar-refractivity contribution in [3.63, 3.8) is 0 Å². The lowest BCUT2D eigenvalue weighted by molar-refractivity contribution is -0.147. The normalized spacial score (nSPS) is 26.6. The summed E-state index contributed by atoms with van der Waals surface area (Å²) in [5, 5.41) is 0. The first-order valence-corrected chi connectivity index (χ1v) is 10.1. The minimum Gasteiger partial charge on any atom is -0.464 e. The van der Waals surface area contributed by atoms with Gasteiger partial charge in [-0.3, -0.25) is 9.69 Å². The van der Waals surface area contributed by atoms with Gasteiger partial charge in [-0.15, -0.1) is 0 Å². The van der Waals surface area contributed by atoms with Crippen LogP contribution in [-0.4, -0.2) is 36.1 Å². The maximum absolute atomic E-state index is 13.0. The number of allylic oxidation sites excluding steroid dienone is 2. The minimum absolute atomic E-state index is 0.0715. The number of ether oxygens (including phenoxy) is 1. The molecule has 3 atom stereocenters. The first-order valence-electron chi connectivity index (χ1n) is 10.1. The Kier molecular flexibility index (Phi) is 6.18. The van der Waals surface area contributed by atoms with Crippen molar-refractivity contribution in [2.45, 2.75) is 57.9 Å². The number of carbonyl (C=O) groups excluding carboxylic acids is 1. The molecule has 0 saturated carbocycles. The number of benzene rings is 1. The number of carbonyl (C=O) groups is 1.